The van der Waals surface area contributed by atoms with Gasteiger partial charge in [-0.2, -0.15) is 8.42 Å². The molecule has 154 valence electrons. The van der Waals surface area contributed by atoms with Crippen LogP contribution in [-0.4, -0.2) is 33.9 Å². The number of fused-ring (bicyclic) bond motifs is 1. The number of aryl methyl sites for hydroxylation is 1. The highest BCUT2D eigenvalue weighted by molar-refractivity contribution is 7.86. The molecule has 1 aliphatic heterocycles. The Morgan fingerprint density at radius 3 is 2.48 bits per heavy atom. The van der Waals surface area contributed by atoms with Gasteiger partial charge in [-0.1, -0.05) is 30.3 Å². The number of benzene rings is 2. The fourth-order valence-corrected chi connectivity index (χ4v) is 4.21. The summed E-state index contributed by atoms with van der Waals surface area (Å²) in [6.45, 7) is 5.62. The van der Waals surface area contributed by atoms with Gasteiger partial charge in [0.15, 0.2) is 5.60 Å². The third-order valence-electron chi connectivity index (χ3n) is 5.07. The van der Waals surface area contributed by atoms with Crippen molar-refractivity contribution in [3.05, 3.63) is 77.4 Å². The molecule has 2 atom stereocenters. The summed E-state index contributed by atoms with van der Waals surface area (Å²) in [7, 11) is -2.08. The summed E-state index contributed by atoms with van der Waals surface area (Å²) in [5.74, 6) is -0.234. The number of hydrogen-bond donors (Lipinski definition) is 0. The van der Waals surface area contributed by atoms with E-state index in [1.807, 2.05) is 25.1 Å². The van der Waals surface area contributed by atoms with Crippen LogP contribution in [0.5, 0.6) is 5.75 Å². The first-order valence-corrected chi connectivity index (χ1v) is 11.0. The number of carbonyl (C=O) groups excluding carboxylic acids is 1. The van der Waals surface area contributed by atoms with Gasteiger partial charge in [0.1, 0.15) is 11.9 Å². The number of carbonyl (C=O) groups is 1. The normalized spacial score (nSPS) is 19.3. The number of methoxy groups -OCH3 is 1. The Morgan fingerprint density at radius 2 is 1.90 bits per heavy atom. The zero-order valence-electron chi connectivity index (χ0n) is 16.7. The standard InChI is InChI=1S/C22H24O6S/c1-5-6-8-16-9-7-10-19-20(16)22(15(2)26-3,27-21(19)23)17-11-13-18(14-12-17)28-29(4,24)25/h5,7,9-15H,1,6,8H2,2-4H3/t15?,22-/m0/s1. The van der Waals surface area contributed by atoms with E-state index in [-0.39, 0.29) is 5.75 Å². The molecule has 0 amide bonds. The van der Waals surface area contributed by atoms with Crippen LogP contribution in [0.4, 0.5) is 0 Å². The molecule has 0 saturated heterocycles. The molecule has 0 aliphatic carbocycles. The summed E-state index contributed by atoms with van der Waals surface area (Å²) in [4.78, 5) is 12.8. The first kappa shape index (κ1) is 21.1. The van der Waals surface area contributed by atoms with Crippen LogP contribution in [0.3, 0.4) is 0 Å². The van der Waals surface area contributed by atoms with Crippen molar-refractivity contribution < 1.29 is 26.9 Å². The molecule has 0 bridgehead atoms. The van der Waals surface area contributed by atoms with Crippen molar-refractivity contribution in [2.24, 2.45) is 0 Å². The van der Waals surface area contributed by atoms with Crippen LogP contribution in [0.2, 0.25) is 0 Å². The van der Waals surface area contributed by atoms with Crippen LogP contribution in [0.1, 0.15) is 40.4 Å². The lowest BCUT2D eigenvalue weighted by Crippen LogP contribution is -2.41. The highest BCUT2D eigenvalue weighted by Crippen LogP contribution is 2.47. The van der Waals surface area contributed by atoms with Crippen molar-refractivity contribution >= 4 is 16.1 Å². The molecular weight excluding hydrogens is 392 g/mol. The number of esters is 1. The third kappa shape index (κ3) is 3.93. The van der Waals surface area contributed by atoms with Crippen LogP contribution in [0.15, 0.2) is 55.1 Å². The SMILES string of the molecule is C=CCCc1cccc2c1[C@@](c1ccc(OS(C)(=O)=O)cc1)(C(C)OC)OC2=O. The summed E-state index contributed by atoms with van der Waals surface area (Å²) in [6.07, 6.45) is 3.78. The molecule has 1 unspecified atom stereocenters. The highest BCUT2D eigenvalue weighted by Gasteiger charge is 2.52. The van der Waals surface area contributed by atoms with Gasteiger partial charge < -0.3 is 13.7 Å². The maximum atomic E-state index is 12.8. The lowest BCUT2D eigenvalue weighted by atomic mass is 9.78. The van der Waals surface area contributed by atoms with Gasteiger partial charge in [-0.15, -0.1) is 6.58 Å². The van der Waals surface area contributed by atoms with Gasteiger partial charge in [0.05, 0.1) is 11.8 Å². The molecule has 7 heteroatoms. The Hall–Kier alpha value is -2.64. The monoisotopic (exact) mass is 416 g/mol. The number of hydrogen-bond acceptors (Lipinski definition) is 6. The predicted octanol–water partition coefficient (Wildman–Crippen LogP) is 3.59. The number of allylic oxidation sites excluding steroid dienone is 1. The van der Waals surface area contributed by atoms with Crippen LogP contribution in [-0.2, 0) is 31.6 Å². The molecule has 0 saturated carbocycles. The van der Waals surface area contributed by atoms with E-state index in [9.17, 15) is 13.2 Å². The summed E-state index contributed by atoms with van der Waals surface area (Å²) >= 11 is 0. The van der Waals surface area contributed by atoms with E-state index in [1.54, 1.807) is 37.4 Å². The van der Waals surface area contributed by atoms with Gasteiger partial charge in [-0.3, -0.25) is 0 Å². The van der Waals surface area contributed by atoms with Crippen LogP contribution in [0, 0.1) is 0 Å². The van der Waals surface area contributed by atoms with Crippen molar-refractivity contribution in [1.29, 1.82) is 0 Å². The largest absolute Gasteiger partial charge is 0.443 e. The van der Waals surface area contributed by atoms with Gasteiger partial charge in [-0.25, -0.2) is 4.79 Å². The Bertz CT molecular complexity index is 1030. The minimum Gasteiger partial charge on any atom is -0.443 e. The second-order valence-corrected chi connectivity index (χ2v) is 8.56. The molecule has 2 aromatic rings. The minimum absolute atomic E-state index is 0.181. The molecule has 1 aliphatic rings. The van der Waals surface area contributed by atoms with E-state index in [1.165, 1.54) is 0 Å². The number of cyclic esters (lactones) is 1. The molecule has 3 rings (SSSR count). The van der Waals surface area contributed by atoms with Crippen molar-refractivity contribution in [1.82, 2.24) is 0 Å². The number of ether oxygens (including phenoxy) is 2. The van der Waals surface area contributed by atoms with E-state index in [0.29, 0.717) is 17.5 Å². The topological polar surface area (TPSA) is 78.9 Å². The van der Waals surface area contributed by atoms with E-state index in [2.05, 4.69) is 6.58 Å². The molecule has 0 spiro atoms. The molecule has 0 fully saturated rings. The Morgan fingerprint density at radius 1 is 1.21 bits per heavy atom. The zero-order valence-corrected chi connectivity index (χ0v) is 17.5. The maximum absolute atomic E-state index is 12.8. The maximum Gasteiger partial charge on any atom is 0.339 e. The molecular formula is C22H24O6S. The summed E-state index contributed by atoms with van der Waals surface area (Å²) in [5, 5.41) is 0. The predicted molar refractivity (Wildman–Crippen MR) is 110 cm³/mol. The second-order valence-electron chi connectivity index (χ2n) is 6.98. The Labute approximate surface area is 171 Å². The van der Waals surface area contributed by atoms with Crippen LogP contribution >= 0.6 is 0 Å². The van der Waals surface area contributed by atoms with Gasteiger partial charge in [0.2, 0.25) is 0 Å². The van der Waals surface area contributed by atoms with Crippen LogP contribution < -0.4 is 4.18 Å². The average Bonchev–Trinajstić information content (AvgIpc) is 2.99. The van der Waals surface area contributed by atoms with Crippen molar-refractivity contribution in [2.45, 2.75) is 31.5 Å². The summed E-state index contributed by atoms with van der Waals surface area (Å²) < 4.78 is 39.3. The highest BCUT2D eigenvalue weighted by atomic mass is 32.2. The number of rotatable bonds is 8. The fraction of sp³-hybridized carbons (Fsp3) is 0.318. The lowest BCUT2D eigenvalue weighted by molar-refractivity contribution is -0.0687. The third-order valence-corrected chi connectivity index (χ3v) is 5.57. The van der Waals surface area contributed by atoms with Gasteiger partial charge >= 0.3 is 16.1 Å². The first-order valence-electron chi connectivity index (χ1n) is 9.22. The Balaban J connectivity index is 2.18. The summed E-state index contributed by atoms with van der Waals surface area (Å²) in [5.41, 5.74) is 1.78. The van der Waals surface area contributed by atoms with Gasteiger partial charge in [0.25, 0.3) is 0 Å². The van der Waals surface area contributed by atoms with Crippen molar-refractivity contribution in [2.75, 3.05) is 13.4 Å². The lowest BCUT2D eigenvalue weighted by Gasteiger charge is -2.35. The minimum atomic E-state index is -3.64. The average molecular weight is 416 g/mol. The molecule has 0 aromatic heterocycles. The van der Waals surface area contributed by atoms with Crippen LogP contribution in [0.25, 0.3) is 0 Å². The van der Waals surface area contributed by atoms with E-state index in [0.717, 1.165) is 23.8 Å². The molecule has 0 N–H and O–H groups in total. The van der Waals surface area contributed by atoms with E-state index >= 15 is 0 Å². The van der Waals surface area contributed by atoms with Gasteiger partial charge in [0, 0.05) is 18.2 Å². The quantitative estimate of drug-likeness (QED) is 0.372. The second kappa shape index (κ2) is 8.00. The molecule has 29 heavy (non-hydrogen) atoms. The van der Waals surface area contributed by atoms with E-state index < -0.39 is 27.8 Å². The Kier molecular flexibility index (Phi) is 5.82. The molecule has 1 heterocycles. The molecule has 6 nitrogen and oxygen atoms in total. The summed E-state index contributed by atoms with van der Waals surface area (Å²) in [6, 6.07) is 12.0. The van der Waals surface area contributed by atoms with E-state index in [4.69, 9.17) is 13.7 Å². The molecule has 2 aromatic carbocycles. The smallest absolute Gasteiger partial charge is 0.339 e. The van der Waals surface area contributed by atoms with Gasteiger partial charge in [-0.05, 0) is 43.5 Å². The van der Waals surface area contributed by atoms with Crippen molar-refractivity contribution in [3.8, 4) is 5.75 Å². The van der Waals surface area contributed by atoms with Crippen molar-refractivity contribution in [3.63, 3.8) is 0 Å². The molecule has 0 radical (unpaired) electrons. The fourth-order valence-electron chi connectivity index (χ4n) is 3.75. The first-order chi connectivity index (χ1) is 13.7. The zero-order chi connectivity index (χ0) is 21.2.